The number of nitrogen functional groups attached to an aromatic ring is 1. The lowest BCUT2D eigenvalue weighted by atomic mass is 10.1. The predicted octanol–water partition coefficient (Wildman–Crippen LogP) is 9.50. The van der Waals surface area contributed by atoms with Gasteiger partial charge < -0.3 is 10.8 Å². The highest BCUT2D eigenvalue weighted by molar-refractivity contribution is 7.86. The van der Waals surface area contributed by atoms with Gasteiger partial charge in [-0.1, -0.05) is 165 Å². The van der Waals surface area contributed by atoms with Crippen molar-refractivity contribution in [2.75, 3.05) is 12.3 Å². The van der Waals surface area contributed by atoms with Crippen molar-refractivity contribution >= 4 is 55.3 Å². The maximum Gasteiger partial charge on any atom is 0.296 e. The summed E-state index contributed by atoms with van der Waals surface area (Å²) in [6, 6.07) is 50.1. The fraction of sp³-hybridized carbons (Fsp3) is 0.0667. The molecule has 0 aliphatic heterocycles. The molecule has 6 aromatic carbocycles. The van der Waals surface area contributed by atoms with Crippen molar-refractivity contribution in [2.24, 2.45) is 4.99 Å². The Hall–Kier alpha value is -6.28. The minimum Gasteiger partial charge on any atom is -0.398 e. The fourth-order valence-electron chi connectivity index (χ4n) is 4.59. The Bertz CT molecular complexity index is 2420. The van der Waals surface area contributed by atoms with Gasteiger partial charge in [0.2, 0.25) is 0 Å². The molecular weight excluding hydrogens is 761 g/mol. The van der Waals surface area contributed by atoms with Gasteiger partial charge >= 0.3 is 0 Å². The molecule has 0 atom stereocenters. The summed E-state index contributed by atoms with van der Waals surface area (Å²) in [5.41, 5.74) is 9.68. The first-order valence-electron chi connectivity index (χ1n) is 17.0. The van der Waals surface area contributed by atoms with Crippen LogP contribution in [0.5, 0.6) is 0 Å². The molecule has 6 rings (SSSR count). The first kappa shape index (κ1) is 46.9. The zero-order valence-corrected chi connectivity index (χ0v) is 32.0. The smallest absolute Gasteiger partial charge is 0.296 e. The Balaban J connectivity index is 0.000000308. The van der Waals surface area contributed by atoms with E-state index in [1.807, 2.05) is 140 Å². The first-order valence-corrected chi connectivity index (χ1v) is 19.9. The Morgan fingerprint density at radius 3 is 1.37 bits per heavy atom. The zero-order chi connectivity index (χ0) is 40.8. The minimum atomic E-state index is -4.36. The first-order chi connectivity index (χ1) is 26.8. The van der Waals surface area contributed by atoms with Crippen LogP contribution in [0.3, 0.4) is 0 Å². The fourth-order valence-corrected chi connectivity index (χ4v) is 5.84. The maximum absolute atomic E-state index is 11.7. The summed E-state index contributed by atoms with van der Waals surface area (Å²) in [7, 11) is -8.52. The van der Waals surface area contributed by atoms with Crippen LogP contribution >= 0.6 is 0 Å². The number of allylic oxidation sites excluding steroid dienone is 2. The summed E-state index contributed by atoms with van der Waals surface area (Å²) in [5, 5.41) is 7.57. The Labute approximate surface area is 335 Å². The van der Waals surface area contributed by atoms with E-state index in [1.165, 1.54) is 24.3 Å². The number of aliphatic hydroxyl groups is 1. The van der Waals surface area contributed by atoms with Crippen molar-refractivity contribution in [3.05, 3.63) is 204 Å². The summed E-state index contributed by atoms with van der Waals surface area (Å²) < 4.78 is 62.3. The lowest BCUT2D eigenvalue weighted by Gasteiger charge is -2.06. The average molecular weight is 807 g/mol. The average Bonchev–Trinajstić information content (AvgIpc) is 3.20. The predicted molar refractivity (Wildman–Crippen MR) is 231 cm³/mol. The second-order valence-corrected chi connectivity index (χ2v) is 14.1. The molecule has 0 aliphatic carbocycles. The Morgan fingerprint density at radius 1 is 0.561 bits per heavy atom. The summed E-state index contributed by atoms with van der Waals surface area (Å²) >= 11 is 0. The van der Waals surface area contributed by atoms with E-state index >= 15 is 0 Å². The molecule has 57 heavy (non-hydrogen) atoms. The van der Waals surface area contributed by atoms with Crippen LogP contribution in [0.25, 0.3) is 12.2 Å². The largest absolute Gasteiger partial charge is 0.398 e. The lowest BCUT2D eigenvalue weighted by Crippen LogP contribution is -2.01. The number of aliphatic hydroxyl groups excluding tert-OH is 1. The number of aliphatic imine (C=N–C) groups is 1. The molecule has 0 saturated carbocycles. The van der Waals surface area contributed by atoms with Crippen LogP contribution in [0.15, 0.2) is 197 Å². The van der Waals surface area contributed by atoms with Crippen LogP contribution < -0.4 is 5.73 Å². The summed E-state index contributed by atoms with van der Waals surface area (Å²) in [4.78, 5) is 15.8. The molecule has 0 aromatic heterocycles. The van der Waals surface area contributed by atoms with E-state index in [-0.39, 0.29) is 41.0 Å². The molecule has 10 nitrogen and oxygen atoms in total. The van der Waals surface area contributed by atoms with Crippen LogP contribution in [0.1, 0.15) is 41.4 Å². The van der Waals surface area contributed by atoms with Gasteiger partial charge in [-0.15, -0.1) is 0 Å². The van der Waals surface area contributed by atoms with Crippen LogP contribution in [-0.2, 0) is 20.2 Å². The second-order valence-electron chi connectivity index (χ2n) is 11.4. The number of anilines is 1. The van der Waals surface area contributed by atoms with E-state index < -0.39 is 20.2 Å². The molecule has 5 N–H and O–H groups in total. The number of carbonyl (C=O) groups excluding carboxylic acids is 1. The number of nitrogens with zero attached hydrogens (tertiary/aromatic N) is 1. The Morgan fingerprint density at radius 2 is 0.930 bits per heavy atom. The van der Waals surface area contributed by atoms with Crippen molar-refractivity contribution in [2.45, 2.75) is 24.1 Å². The number of benzene rings is 6. The highest BCUT2D eigenvalue weighted by Gasteiger charge is 2.15. The molecule has 0 unspecified atom stereocenters. The van der Waals surface area contributed by atoms with Crippen molar-refractivity contribution in [1.29, 1.82) is 0 Å². The zero-order valence-electron chi connectivity index (χ0n) is 30.4. The van der Waals surface area contributed by atoms with Gasteiger partial charge in [-0.2, -0.15) is 16.8 Å². The number of para-hydroxylation sites is 2. The van der Waals surface area contributed by atoms with E-state index in [2.05, 4.69) is 4.99 Å². The monoisotopic (exact) mass is 806 g/mol. The summed E-state index contributed by atoms with van der Waals surface area (Å²) in [5.74, 6) is 0.0319. The van der Waals surface area contributed by atoms with Crippen molar-refractivity contribution in [1.82, 2.24) is 0 Å². The van der Waals surface area contributed by atoms with Gasteiger partial charge in [-0.3, -0.25) is 13.9 Å². The number of ketones is 1. The van der Waals surface area contributed by atoms with Crippen LogP contribution in [0, 0.1) is 0 Å². The lowest BCUT2D eigenvalue weighted by molar-refractivity contribution is 0.104. The van der Waals surface area contributed by atoms with Gasteiger partial charge in [0.1, 0.15) is 9.79 Å². The highest BCUT2D eigenvalue weighted by Crippen LogP contribution is 2.25. The number of rotatable bonds is 9. The number of hydrogen-bond donors (Lipinski definition) is 4. The highest BCUT2D eigenvalue weighted by atomic mass is 32.2. The summed E-state index contributed by atoms with van der Waals surface area (Å²) in [6.07, 6.45) is 7.16. The van der Waals surface area contributed by atoms with E-state index in [0.717, 1.165) is 22.3 Å². The molecule has 0 radical (unpaired) electrons. The molecule has 0 bridgehead atoms. The number of carbonyl (C=O) groups is 1. The van der Waals surface area contributed by atoms with Crippen molar-refractivity contribution < 1.29 is 35.8 Å². The second kappa shape index (κ2) is 24.3. The molecule has 0 amide bonds. The molecule has 12 heteroatoms. The third-order valence-electron chi connectivity index (χ3n) is 7.17. The number of hydrogen-bond acceptors (Lipinski definition) is 8. The van der Waals surface area contributed by atoms with Crippen molar-refractivity contribution in [3.63, 3.8) is 0 Å². The Kier molecular flexibility index (Phi) is 20.0. The third-order valence-corrected chi connectivity index (χ3v) is 9.00. The van der Waals surface area contributed by atoms with Gasteiger partial charge in [0, 0.05) is 17.7 Å². The normalized spacial score (nSPS) is 11.1. The minimum absolute atomic E-state index is 0. The molecule has 296 valence electrons. The van der Waals surface area contributed by atoms with Gasteiger partial charge in [-0.25, -0.2) is 4.99 Å². The maximum atomic E-state index is 11.7. The van der Waals surface area contributed by atoms with E-state index in [1.54, 1.807) is 37.3 Å². The molecule has 0 fully saturated rings. The molecule has 0 saturated heterocycles. The van der Waals surface area contributed by atoms with E-state index in [4.69, 9.17) is 15.4 Å². The summed E-state index contributed by atoms with van der Waals surface area (Å²) in [6.45, 7) is 1.93. The SMILES string of the molecule is C.CCO.Nc1ccccc1S(=O)(=O)O.O=C(C=Cc1ccccc1)c1ccccc1.O=S(=O)(O)c1ccccc1N=C(/C=C/c1ccccc1)c1ccccc1. The third kappa shape index (κ3) is 17.0. The quantitative estimate of drug-likeness (QED) is 0.0363. The molecule has 6 aromatic rings. The van der Waals surface area contributed by atoms with E-state index in [0.29, 0.717) is 5.71 Å². The topological polar surface area (TPSA) is 184 Å². The number of nitrogens with two attached hydrogens (primary N) is 1. The van der Waals surface area contributed by atoms with Crippen LogP contribution in [0.4, 0.5) is 11.4 Å². The van der Waals surface area contributed by atoms with Crippen LogP contribution in [0.2, 0.25) is 0 Å². The van der Waals surface area contributed by atoms with Crippen LogP contribution in [-0.4, -0.2) is 49.1 Å². The van der Waals surface area contributed by atoms with Gasteiger partial charge in [0.25, 0.3) is 20.2 Å². The van der Waals surface area contributed by atoms with Gasteiger partial charge in [0.15, 0.2) is 5.78 Å². The molecule has 0 spiro atoms. The van der Waals surface area contributed by atoms with Gasteiger partial charge in [0.05, 0.1) is 17.1 Å². The standard InChI is InChI=1S/C21H17NO3S.C15H12O.C6H7NO3S.C2H6O.CH4/c23-26(24,25)21-14-8-7-13-20(21)22-19(18-11-5-2-6-12-18)16-15-17-9-3-1-4-10-17;16-15(14-9-5-2-6-10-14)12-11-13-7-3-1-4-8-13;7-5-3-1-2-4-6(5)11(8,9)10;1-2-3;/h1-16H,(H,23,24,25);1-12H;1-4H,7H2,(H,8,9,10);3H,2H2,1H3;1H4/b16-15+,22-19?;;;;. The van der Waals surface area contributed by atoms with E-state index in [9.17, 15) is 26.2 Å². The van der Waals surface area contributed by atoms with Gasteiger partial charge in [-0.05, 0) is 54.5 Å². The molecule has 0 aliphatic rings. The molecular formula is C45H46N2O8S2. The van der Waals surface area contributed by atoms with Crippen molar-refractivity contribution in [3.8, 4) is 0 Å². The molecule has 0 heterocycles.